The molecule has 0 aliphatic carbocycles. The Morgan fingerprint density at radius 1 is 1.00 bits per heavy atom. The van der Waals surface area contributed by atoms with E-state index in [9.17, 15) is 14.4 Å². The molecule has 0 bridgehead atoms. The molecule has 0 saturated heterocycles. The van der Waals surface area contributed by atoms with Gasteiger partial charge in [0.2, 0.25) is 5.91 Å². The van der Waals surface area contributed by atoms with E-state index in [0.29, 0.717) is 17.1 Å². The Morgan fingerprint density at radius 3 is 2.22 bits per heavy atom. The zero-order valence-electron chi connectivity index (χ0n) is 15.4. The summed E-state index contributed by atoms with van der Waals surface area (Å²) in [5.74, 6) is -0.481. The quantitative estimate of drug-likeness (QED) is 0.731. The molecule has 0 unspecified atom stereocenters. The fourth-order valence-corrected chi connectivity index (χ4v) is 2.33. The van der Waals surface area contributed by atoms with Crippen LogP contribution in [-0.2, 0) is 25.5 Å². The van der Waals surface area contributed by atoms with Crippen molar-refractivity contribution in [2.24, 2.45) is 0 Å². The average molecular weight is 370 g/mol. The molecule has 7 heteroatoms. The molecule has 0 spiro atoms. The molecular weight excluding hydrogens is 348 g/mol. The Morgan fingerprint density at radius 2 is 1.63 bits per heavy atom. The zero-order chi connectivity index (χ0) is 19.8. The van der Waals surface area contributed by atoms with Crippen molar-refractivity contribution in [2.45, 2.75) is 26.4 Å². The molecule has 0 heterocycles. The molecule has 7 nitrogen and oxygen atoms in total. The van der Waals surface area contributed by atoms with Crippen LogP contribution in [-0.4, -0.2) is 31.0 Å². The van der Waals surface area contributed by atoms with Gasteiger partial charge in [-0.25, -0.2) is 0 Å². The van der Waals surface area contributed by atoms with E-state index in [1.807, 2.05) is 0 Å². The minimum absolute atomic E-state index is 0.0419. The number of benzene rings is 2. The van der Waals surface area contributed by atoms with Gasteiger partial charge in [-0.05, 0) is 48.9 Å². The second-order valence-electron chi connectivity index (χ2n) is 5.91. The maximum Gasteiger partial charge on any atom is 0.311 e. The zero-order valence-corrected chi connectivity index (χ0v) is 15.4. The summed E-state index contributed by atoms with van der Waals surface area (Å²) in [5, 5.41) is 5.30. The van der Waals surface area contributed by atoms with Gasteiger partial charge in [0.25, 0.3) is 5.91 Å². The third-order valence-corrected chi connectivity index (χ3v) is 3.63. The smallest absolute Gasteiger partial charge is 0.311 e. The predicted molar refractivity (Wildman–Crippen MR) is 102 cm³/mol. The van der Waals surface area contributed by atoms with Gasteiger partial charge >= 0.3 is 5.97 Å². The molecule has 1 atom stereocenters. The number of anilines is 2. The molecular formula is C20H22N2O5. The fraction of sp³-hybridized carbons (Fsp3) is 0.250. The fourth-order valence-electron chi connectivity index (χ4n) is 2.33. The maximum atomic E-state index is 12.2. The van der Waals surface area contributed by atoms with E-state index in [1.165, 1.54) is 13.8 Å². The molecule has 2 aromatic rings. The lowest BCUT2D eigenvalue weighted by Crippen LogP contribution is -2.30. The van der Waals surface area contributed by atoms with E-state index in [2.05, 4.69) is 10.6 Å². The van der Waals surface area contributed by atoms with E-state index in [1.54, 1.807) is 55.6 Å². The first-order valence-electron chi connectivity index (χ1n) is 8.38. The Balaban J connectivity index is 1.87. The van der Waals surface area contributed by atoms with Crippen molar-refractivity contribution in [3.63, 3.8) is 0 Å². The van der Waals surface area contributed by atoms with Crippen LogP contribution in [0, 0.1) is 0 Å². The predicted octanol–water partition coefficient (Wildman–Crippen LogP) is 2.77. The minimum Gasteiger partial charge on any atom is -0.497 e. The third kappa shape index (κ3) is 6.47. The van der Waals surface area contributed by atoms with Gasteiger partial charge < -0.3 is 20.1 Å². The van der Waals surface area contributed by atoms with Gasteiger partial charge in [-0.1, -0.05) is 12.1 Å². The van der Waals surface area contributed by atoms with Gasteiger partial charge in [-0.2, -0.15) is 0 Å². The number of rotatable bonds is 7. The summed E-state index contributed by atoms with van der Waals surface area (Å²) in [6, 6.07) is 13.7. The summed E-state index contributed by atoms with van der Waals surface area (Å²) in [7, 11) is 1.55. The SMILES string of the molecule is COc1cccc(CC(=O)O[C@H](C)C(=O)Nc2ccc(NC(C)=O)cc2)c1. The minimum atomic E-state index is -0.946. The van der Waals surface area contributed by atoms with Crippen molar-refractivity contribution in [3.05, 3.63) is 54.1 Å². The highest BCUT2D eigenvalue weighted by Gasteiger charge is 2.18. The van der Waals surface area contributed by atoms with Gasteiger partial charge in [0.15, 0.2) is 6.10 Å². The van der Waals surface area contributed by atoms with Crippen LogP contribution in [0.4, 0.5) is 11.4 Å². The van der Waals surface area contributed by atoms with Crippen LogP contribution in [0.15, 0.2) is 48.5 Å². The van der Waals surface area contributed by atoms with Crippen molar-refractivity contribution in [1.82, 2.24) is 0 Å². The highest BCUT2D eigenvalue weighted by atomic mass is 16.5. The van der Waals surface area contributed by atoms with Crippen LogP contribution < -0.4 is 15.4 Å². The summed E-state index contributed by atoms with van der Waals surface area (Å²) in [5.41, 5.74) is 1.89. The molecule has 2 aromatic carbocycles. The number of amides is 2. The number of nitrogens with one attached hydrogen (secondary N) is 2. The molecule has 2 N–H and O–H groups in total. The monoisotopic (exact) mass is 370 g/mol. The number of methoxy groups -OCH3 is 1. The van der Waals surface area contributed by atoms with Gasteiger partial charge in [0, 0.05) is 18.3 Å². The van der Waals surface area contributed by atoms with Crippen LogP contribution in [0.25, 0.3) is 0 Å². The number of hydrogen-bond donors (Lipinski definition) is 2. The summed E-state index contributed by atoms with van der Waals surface area (Å²) in [6.45, 7) is 2.92. The molecule has 0 radical (unpaired) electrons. The van der Waals surface area contributed by atoms with E-state index < -0.39 is 18.0 Å². The number of carbonyl (C=O) groups excluding carboxylic acids is 3. The first-order valence-corrected chi connectivity index (χ1v) is 8.38. The second-order valence-corrected chi connectivity index (χ2v) is 5.91. The first kappa shape index (κ1) is 20.0. The molecule has 2 rings (SSSR count). The number of ether oxygens (including phenoxy) is 2. The Labute approximate surface area is 157 Å². The Hall–Kier alpha value is -3.35. The molecule has 142 valence electrons. The van der Waals surface area contributed by atoms with Gasteiger partial charge in [0.1, 0.15) is 5.75 Å². The molecule has 27 heavy (non-hydrogen) atoms. The lowest BCUT2D eigenvalue weighted by Gasteiger charge is -2.14. The Kier molecular flexibility index (Phi) is 6.93. The van der Waals surface area contributed by atoms with Crippen LogP contribution >= 0.6 is 0 Å². The van der Waals surface area contributed by atoms with Crippen LogP contribution in [0.2, 0.25) is 0 Å². The van der Waals surface area contributed by atoms with E-state index in [4.69, 9.17) is 9.47 Å². The van der Waals surface area contributed by atoms with Crippen molar-refractivity contribution in [2.75, 3.05) is 17.7 Å². The number of hydrogen-bond acceptors (Lipinski definition) is 5. The molecule has 0 fully saturated rings. The van der Waals surface area contributed by atoms with Crippen LogP contribution in [0.5, 0.6) is 5.75 Å². The average Bonchev–Trinajstić information content (AvgIpc) is 2.62. The summed E-state index contributed by atoms with van der Waals surface area (Å²) in [4.78, 5) is 35.2. The lowest BCUT2D eigenvalue weighted by molar-refractivity contribution is -0.152. The molecule has 0 aromatic heterocycles. The normalized spacial score (nSPS) is 11.2. The van der Waals surface area contributed by atoms with Crippen molar-refractivity contribution < 1.29 is 23.9 Å². The van der Waals surface area contributed by atoms with E-state index in [0.717, 1.165) is 5.56 Å². The second kappa shape index (κ2) is 9.38. The largest absolute Gasteiger partial charge is 0.497 e. The van der Waals surface area contributed by atoms with Crippen LogP contribution in [0.1, 0.15) is 19.4 Å². The molecule has 0 aliphatic rings. The molecule has 2 amide bonds. The molecule has 0 aliphatic heterocycles. The summed E-state index contributed by atoms with van der Waals surface area (Å²) < 4.78 is 10.3. The highest BCUT2D eigenvalue weighted by Crippen LogP contribution is 2.15. The van der Waals surface area contributed by atoms with E-state index in [-0.39, 0.29) is 12.3 Å². The van der Waals surface area contributed by atoms with Crippen molar-refractivity contribution in [1.29, 1.82) is 0 Å². The first-order chi connectivity index (χ1) is 12.9. The topological polar surface area (TPSA) is 93.7 Å². The standard InChI is InChI=1S/C20H22N2O5/c1-13(27-19(24)12-15-5-4-6-18(11-15)26-3)20(25)22-17-9-7-16(8-10-17)21-14(2)23/h4-11,13H,12H2,1-3H3,(H,21,23)(H,22,25)/t13-/m1/s1. The van der Waals surface area contributed by atoms with Crippen molar-refractivity contribution in [3.8, 4) is 5.75 Å². The Bertz CT molecular complexity index is 817. The third-order valence-electron chi connectivity index (χ3n) is 3.63. The summed E-state index contributed by atoms with van der Waals surface area (Å²) >= 11 is 0. The van der Waals surface area contributed by atoms with Gasteiger partial charge in [0.05, 0.1) is 13.5 Å². The number of carbonyl (C=O) groups is 3. The number of esters is 1. The van der Waals surface area contributed by atoms with Crippen LogP contribution in [0.3, 0.4) is 0 Å². The maximum absolute atomic E-state index is 12.2. The molecule has 0 saturated carbocycles. The van der Waals surface area contributed by atoms with E-state index >= 15 is 0 Å². The van der Waals surface area contributed by atoms with Gasteiger partial charge in [-0.3, -0.25) is 14.4 Å². The van der Waals surface area contributed by atoms with Crippen molar-refractivity contribution >= 4 is 29.2 Å². The highest BCUT2D eigenvalue weighted by molar-refractivity contribution is 5.95. The lowest BCUT2D eigenvalue weighted by atomic mass is 10.1. The summed E-state index contributed by atoms with van der Waals surface area (Å²) in [6.07, 6.45) is -0.904. The van der Waals surface area contributed by atoms with Gasteiger partial charge in [-0.15, -0.1) is 0 Å².